The maximum Gasteiger partial charge on any atom is 0.433 e. The van der Waals surface area contributed by atoms with Crippen LogP contribution in [-0.2, 0) is 25.7 Å². The number of pyridine rings is 1. The van der Waals surface area contributed by atoms with Crippen molar-refractivity contribution in [3.63, 3.8) is 0 Å². The van der Waals surface area contributed by atoms with Crippen LogP contribution in [0.2, 0.25) is 0 Å². The number of fused-ring (bicyclic) bond motifs is 1. The van der Waals surface area contributed by atoms with Crippen LogP contribution in [0.4, 0.5) is 13.2 Å². The molecule has 2 aromatic heterocycles. The van der Waals surface area contributed by atoms with Gasteiger partial charge in [0.05, 0.1) is 0 Å². The quantitative estimate of drug-likeness (QED) is 0.586. The summed E-state index contributed by atoms with van der Waals surface area (Å²) >= 11 is 0. The predicted molar refractivity (Wildman–Crippen MR) is 111 cm³/mol. The second kappa shape index (κ2) is 8.03. The molecule has 1 aliphatic carbocycles. The zero-order chi connectivity index (χ0) is 24.0. The number of aliphatic hydroxyl groups excluding tert-OH is 1. The number of aliphatic hydroxyl groups is 2. The van der Waals surface area contributed by atoms with Gasteiger partial charge in [0.2, 0.25) is 17.4 Å². The van der Waals surface area contributed by atoms with Crippen molar-refractivity contribution in [2.24, 2.45) is 7.05 Å². The summed E-state index contributed by atoms with van der Waals surface area (Å²) in [5.74, 6) is 4.40. The molecule has 4 rings (SSSR count). The molecule has 10 heteroatoms. The molecule has 0 bridgehead atoms. The van der Waals surface area contributed by atoms with E-state index in [0.717, 1.165) is 12.1 Å². The van der Waals surface area contributed by atoms with Crippen LogP contribution in [0, 0.1) is 11.8 Å². The second-order valence-electron chi connectivity index (χ2n) is 7.63. The van der Waals surface area contributed by atoms with E-state index in [9.17, 15) is 28.2 Å². The topological polar surface area (TPSA) is 101 Å². The lowest BCUT2D eigenvalue weighted by Crippen LogP contribution is -2.41. The Morgan fingerprint density at radius 3 is 2.52 bits per heavy atom. The molecule has 0 aliphatic heterocycles. The number of aromatic nitrogens is 3. The van der Waals surface area contributed by atoms with Crippen LogP contribution in [0.5, 0.6) is 0 Å². The van der Waals surface area contributed by atoms with Crippen molar-refractivity contribution < 1.29 is 27.8 Å². The van der Waals surface area contributed by atoms with Crippen molar-refractivity contribution in [3.8, 4) is 11.8 Å². The summed E-state index contributed by atoms with van der Waals surface area (Å²) in [6.45, 7) is 1.23. The van der Waals surface area contributed by atoms with Crippen LogP contribution in [-0.4, -0.2) is 31.2 Å². The highest BCUT2D eigenvalue weighted by Gasteiger charge is 2.54. The number of rotatable bonds is 3. The Labute approximate surface area is 185 Å². The molecule has 0 radical (unpaired) electrons. The zero-order valence-corrected chi connectivity index (χ0v) is 17.6. The third-order valence-electron chi connectivity index (χ3n) is 5.39. The molecule has 3 aromatic rings. The molecule has 1 aromatic carbocycles. The standard InChI is InChI=1S/C23H18F3N3O4/c1-13-10-16-19(18(13)20-28-27-17(12-30)33-20)14(11-29(2)21(16)31)8-9-22(32,23(24,25)26)15-6-4-3-5-7-15/h3-7,11,30,32H,10,12H2,1-2H3. The summed E-state index contributed by atoms with van der Waals surface area (Å²) in [4.78, 5) is 12.7. The predicted octanol–water partition coefficient (Wildman–Crippen LogP) is 2.44. The molecule has 0 amide bonds. The summed E-state index contributed by atoms with van der Waals surface area (Å²) < 4.78 is 48.3. The molecule has 0 saturated heterocycles. The van der Waals surface area contributed by atoms with Crippen molar-refractivity contribution >= 4 is 5.57 Å². The minimum atomic E-state index is -5.08. The average molecular weight is 457 g/mol. The summed E-state index contributed by atoms with van der Waals surface area (Å²) in [5, 5.41) is 27.4. The number of hydrogen-bond acceptors (Lipinski definition) is 6. The monoisotopic (exact) mass is 457 g/mol. The van der Waals surface area contributed by atoms with E-state index in [2.05, 4.69) is 16.1 Å². The van der Waals surface area contributed by atoms with E-state index >= 15 is 0 Å². The molecular formula is C23H18F3N3O4. The van der Waals surface area contributed by atoms with Gasteiger partial charge in [-0.05, 0) is 12.8 Å². The van der Waals surface area contributed by atoms with Gasteiger partial charge in [0.15, 0.2) is 0 Å². The SMILES string of the molecule is CC1=C(c2nnc(CO)o2)c2c(C#CC(O)(c3ccccc3)C(F)(F)F)cn(C)c(=O)c2C1. The van der Waals surface area contributed by atoms with Crippen molar-refractivity contribution in [2.45, 2.75) is 31.7 Å². The first-order chi connectivity index (χ1) is 15.6. The number of halogens is 3. The second-order valence-corrected chi connectivity index (χ2v) is 7.63. The molecule has 0 spiro atoms. The number of allylic oxidation sites excluding steroid dienone is 1. The van der Waals surface area contributed by atoms with E-state index < -0.39 is 23.9 Å². The minimum absolute atomic E-state index is 0.0146. The lowest BCUT2D eigenvalue weighted by atomic mass is 9.92. The van der Waals surface area contributed by atoms with Crippen molar-refractivity contribution in [2.75, 3.05) is 0 Å². The molecule has 1 aliphatic rings. The molecule has 1 unspecified atom stereocenters. The van der Waals surface area contributed by atoms with Gasteiger partial charge >= 0.3 is 6.18 Å². The van der Waals surface area contributed by atoms with Crippen LogP contribution in [0.15, 0.2) is 51.3 Å². The number of alkyl halides is 3. The van der Waals surface area contributed by atoms with Crippen LogP contribution < -0.4 is 5.56 Å². The molecule has 1 atom stereocenters. The van der Waals surface area contributed by atoms with Gasteiger partial charge in [-0.15, -0.1) is 10.2 Å². The third-order valence-corrected chi connectivity index (χ3v) is 5.39. The van der Waals surface area contributed by atoms with E-state index in [4.69, 9.17) is 4.42 Å². The van der Waals surface area contributed by atoms with Gasteiger partial charge in [-0.2, -0.15) is 13.2 Å². The molecule has 33 heavy (non-hydrogen) atoms. The van der Waals surface area contributed by atoms with Crippen LogP contribution in [0.3, 0.4) is 0 Å². The number of nitrogens with zero attached hydrogens (tertiary/aromatic N) is 3. The van der Waals surface area contributed by atoms with E-state index in [1.807, 2.05) is 5.92 Å². The summed E-state index contributed by atoms with van der Waals surface area (Å²) in [5.41, 5.74) is -2.48. The summed E-state index contributed by atoms with van der Waals surface area (Å²) in [7, 11) is 1.46. The highest BCUT2D eigenvalue weighted by molar-refractivity contribution is 5.86. The average Bonchev–Trinajstić information content (AvgIpc) is 3.39. The smallest absolute Gasteiger partial charge is 0.418 e. The summed E-state index contributed by atoms with van der Waals surface area (Å²) in [6.07, 6.45) is -3.56. The number of aryl methyl sites for hydroxylation is 1. The van der Waals surface area contributed by atoms with Gasteiger partial charge in [-0.3, -0.25) is 4.79 Å². The lowest BCUT2D eigenvalue weighted by molar-refractivity contribution is -0.240. The molecule has 2 heterocycles. The molecule has 0 fully saturated rings. The maximum absolute atomic E-state index is 13.9. The van der Waals surface area contributed by atoms with Crippen molar-refractivity contribution in [3.05, 3.63) is 86.5 Å². The Morgan fingerprint density at radius 1 is 1.21 bits per heavy atom. The maximum atomic E-state index is 13.9. The highest BCUT2D eigenvalue weighted by Crippen LogP contribution is 2.40. The Hall–Kier alpha value is -3.68. The fourth-order valence-corrected chi connectivity index (χ4v) is 3.76. The van der Waals surface area contributed by atoms with Crippen LogP contribution in [0.1, 0.15) is 41.0 Å². The van der Waals surface area contributed by atoms with Gasteiger partial charge in [0, 0.05) is 47.5 Å². The van der Waals surface area contributed by atoms with E-state index in [1.165, 1.54) is 36.0 Å². The zero-order valence-electron chi connectivity index (χ0n) is 17.6. The Morgan fingerprint density at radius 2 is 1.91 bits per heavy atom. The number of hydrogen-bond donors (Lipinski definition) is 2. The normalized spacial score (nSPS) is 15.1. The summed E-state index contributed by atoms with van der Waals surface area (Å²) in [6, 6.07) is 6.54. The Bertz CT molecular complexity index is 1380. The lowest BCUT2D eigenvalue weighted by Gasteiger charge is -2.25. The molecule has 0 saturated carbocycles. The van der Waals surface area contributed by atoms with E-state index in [0.29, 0.717) is 16.7 Å². The van der Waals surface area contributed by atoms with Crippen LogP contribution >= 0.6 is 0 Å². The van der Waals surface area contributed by atoms with Crippen LogP contribution in [0.25, 0.3) is 5.57 Å². The van der Waals surface area contributed by atoms with E-state index in [-0.39, 0.29) is 34.9 Å². The van der Waals surface area contributed by atoms with Gasteiger partial charge < -0.3 is 19.2 Å². The van der Waals surface area contributed by atoms with Gasteiger partial charge in [0.25, 0.3) is 5.56 Å². The first kappa shape index (κ1) is 22.5. The molecular weight excluding hydrogens is 439 g/mol. The first-order valence-corrected chi connectivity index (χ1v) is 9.81. The van der Waals surface area contributed by atoms with Crippen molar-refractivity contribution in [1.29, 1.82) is 0 Å². The molecule has 2 N–H and O–H groups in total. The first-order valence-electron chi connectivity index (χ1n) is 9.81. The number of benzene rings is 1. The Kier molecular flexibility index (Phi) is 5.47. The van der Waals surface area contributed by atoms with Gasteiger partial charge in [-0.25, -0.2) is 0 Å². The van der Waals surface area contributed by atoms with Gasteiger partial charge in [-0.1, -0.05) is 41.8 Å². The minimum Gasteiger partial charge on any atom is -0.418 e. The highest BCUT2D eigenvalue weighted by atomic mass is 19.4. The fourth-order valence-electron chi connectivity index (χ4n) is 3.76. The van der Waals surface area contributed by atoms with Gasteiger partial charge in [0.1, 0.15) is 6.61 Å². The largest absolute Gasteiger partial charge is 0.433 e. The Balaban J connectivity index is 1.93. The third kappa shape index (κ3) is 3.75. The van der Waals surface area contributed by atoms with E-state index in [1.54, 1.807) is 6.92 Å². The fraction of sp³-hybridized carbons (Fsp3) is 0.261. The molecule has 7 nitrogen and oxygen atoms in total. The van der Waals surface area contributed by atoms with Crippen molar-refractivity contribution in [1.82, 2.24) is 14.8 Å². The molecule has 170 valence electrons.